The second kappa shape index (κ2) is 5.78. The predicted molar refractivity (Wildman–Crippen MR) is 99.0 cm³/mol. The number of hydrogen-bond acceptors (Lipinski definition) is 3. The zero-order chi connectivity index (χ0) is 18.9. The Morgan fingerprint density at radius 2 is 1.56 bits per heavy atom. The van der Waals surface area contributed by atoms with Gasteiger partial charge in [-0.2, -0.15) is 0 Å². The largest absolute Gasteiger partial charge is 0.348 e. The molecule has 2 bridgehead atoms. The fourth-order valence-corrected chi connectivity index (χ4v) is 5.64. The Bertz CT molecular complexity index is 812. The lowest BCUT2D eigenvalue weighted by molar-refractivity contribution is -0.147. The fraction of sp³-hybridized carbons (Fsp3) is 0.500. The number of rotatable bonds is 4. The van der Waals surface area contributed by atoms with Crippen molar-refractivity contribution in [2.75, 3.05) is 0 Å². The minimum atomic E-state index is -0.780. The van der Waals surface area contributed by atoms with Crippen LogP contribution in [0.25, 0.3) is 0 Å². The van der Waals surface area contributed by atoms with Crippen LogP contribution in [0, 0.1) is 35.5 Å². The topological polar surface area (TPSA) is 66.5 Å². The van der Waals surface area contributed by atoms with Gasteiger partial charge in [-0.15, -0.1) is 0 Å². The van der Waals surface area contributed by atoms with Crippen LogP contribution in [0.1, 0.15) is 31.9 Å². The van der Waals surface area contributed by atoms with Gasteiger partial charge in [0.05, 0.1) is 17.9 Å². The van der Waals surface area contributed by atoms with E-state index in [0.29, 0.717) is 11.8 Å². The van der Waals surface area contributed by atoms with Crippen molar-refractivity contribution in [1.82, 2.24) is 10.2 Å². The molecule has 27 heavy (non-hydrogen) atoms. The van der Waals surface area contributed by atoms with E-state index in [1.54, 1.807) is 6.92 Å². The molecule has 1 saturated heterocycles. The number of hydrogen-bond donors (Lipinski definition) is 1. The van der Waals surface area contributed by atoms with Crippen LogP contribution >= 0.6 is 0 Å². The van der Waals surface area contributed by atoms with Crippen LogP contribution < -0.4 is 5.32 Å². The molecule has 3 fully saturated rings. The van der Waals surface area contributed by atoms with Gasteiger partial charge < -0.3 is 5.32 Å². The molecule has 140 valence electrons. The first-order chi connectivity index (χ1) is 13.0. The third kappa shape index (κ3) is 2.33. The van der Waals surface area contributed by atoms with Crippen molar-refractivity contribution in [3.05, 3.63) is 48.0 Å². The maximum absolute atomic E-state index is 13.1. The summed E-state index contributed by atoms with van der Waals surface area (Å²) in [6, 6.07) is 8.72. The minimum Gasteiger partial charge on any atom is -0.348 e. The lowest BCUT2D eigenvalue weighted by atomic mass is 9.63. The van der Waals surface area contributed by atoms with Crippen molar-refractivity contribution < 1.29 is 14.4 Å². The van der Waals surface area contributed by atoms with Gasteiger partial charge in [-0.25, -0.2) is 0 Å². The first-order valence-electron chi connectivity index (χ1n) is 9.89. The van der Waals surface area contributed by atoms with E-state index in [1.807, 2.05) is 37.3 Å². The van der Waals surface area contributed by atoms with E-state index in [0.717, 1.165) is 12.0 Å². The molecule has 2 saturated carbocycles. The zero-order valence-corrected chi connectivity index (χ0v) is 15.5. The van der Waals surface area contributed by atoms with Gasteiger partial charge in [-0.3, -0.25) is 19.3 Å². The quantitative estimate of drug-likeness (QED) is 0.659. The van der Waals surface area contributed by atoms with Crippen LogP contribution in [0.4, 0.5) is 0 Å². The van der Waals surface area contributed by atoms with Crippen molar-refractivity contribution in [2.45, 2.75) is 32.4 Å². The van der Waals surface area contributed by atoms with Gasteiger partial charge in [0.2, 0.25) is 17.7 Å². The van der Waals surface area contributed by atoms with Gasteiger partial charge >= 0.3 is 0 Å². The number of carbonyl (C=O) groups is 3. The maximum Gasteiger partial charge on any atom is 0.243 e. The molecular weight excluding hydrogens is 340 g/mol. The molecule has 1 aliphatic heterocycles. The summed E-state index contributed by atoms with van der Waals surface area (Å²) in [6.45, 7) is 3.57. The maximum atomic E-state index is 13.1. The van der Waals surface area contributed by atoms with Gasteiger partial charge in [0.25, 0.3) is 0 Å². The summed E-state index contributed by atoms with van der Waals surface area (Å²) in [5.41, 5.74) is 0.994. The summed E-state index contributed by atoms with van der Waals surface area (Å²) in [7, 11) is 0. The summed E-state index contributed by atoms with van der Waals surface area (Å²) in [4.78, 5) is 40.2. The normalized spacial score (nSPS) is 37.6. The number of carbonyl (C=O) groups excluding carboxylic acids is 3. The number of amides is 3. The number of allylic oxidation sites excluding steroid dienone is 2. The molecule has 1 aromatic rings. The van der Waals surface area contributed by atoms with Crippen molar-refractivity contribution in [3.8, 4) is 0 Å². The van der Waals surface area contributed by atoms with Gasteiger partial charge in [-0.1, -0.05) is 42.5 Å². The molecule has 5 nitrogen and oxygen atoms in total. The molecule has 3 amide bonds. The minimum absolute atomic E-state index is 0.148. The molecule has 5 aliphatic rings. The van der Waals surface area contributed by atoms with Gasteiger partial charge in [0.15, 0.2) is 0 Å². The van der Waals surface area contributed by atoms with Gasteiger partial charge in [0.1, 0.15) is 6.04 Å². The molecule has 5 heteroatoms. The van der Waals surface area contributed by atoms with Crippen molar-refractivity contribution in [3.63, 3.8) is 0 Å². The van der Waals surface area contributed by atoms with E-state index in [4.69, 9.17) is 0 Å². The van der Waals surface area contributed by atoms with E-state index in [2.05, 4.69) is 17.5 Å². The summed E-state index contributed by atoms with van der Waals surface area (Å²) in [5, 5.41) is 2.95. The highest BCUT2D eigenvalue weighted by molar-refractivity contribution is 6.09. The van der Waals surface area contributed by atoms with Crippen LogP contribution in [0.3, 0.4) is 0 Å². The summed E-state index contributed by atoms with van der Waals surface area (Å²) < 4.78 is 0. The van der Waals surface area contributed by atoms with E-state index in [9.17, 15) is 14.4 Å². The van der Waals surface area contributed by atoms with Crippen LogP contribution in [-0.4, -0.2) is 28.7 Å². The molecule has 0 aromatic heterocycles. The summed E-state index contributed by atoms with van der Waals surface area (Å²) in [6.07, 6.45) is 5.44. The second-order valence-electron chi connectivity index (χ2n) is 8.52. The van der Waals surface area contributed by atoms with E-state index in [1.165, 1.54) is 4.90 Å². The molecule has 1 heterocycles. The Kier molecular flexibility index (Phi) is 3.58. The molecule has 0 unspecified atom stereocenters. The highest BCUT2D eigenvalue weighted by Gasteiger charge is 2.67. The number of nitrogens with one attached hydrogen (secondary N) is 1. The number of imide groups is 1. The smallest absolute Gasteiger partial charge is 0.243 e. The number of likely N-dealkylation sites (tertiary alicyclic amines) is 1. The number of benzene rings is 1. The third-order valence-electron chi connectivity index (χ3n) is 7.12. The SMILES string of the molecule is C[C@H](NC(=O)[C@H](C)N1C(=O)[C@@H]2[C@H]3C=C[C@@H]([C@@H]4C[C@@H]34)[C@H]2C1=O)c1ccccc1. The average Bonchev–Trinajstić information content (AvgIpc) is 3.46. The second-order valence-corrected chi connectivity index (χ2v) is 8.52. The lowest BCUT2D eigenvalue weighted by Crippen LogP contribution is -2.49. The zero-order valence-electron chi connectivity index (χ0n) is 15.5. The molecule has 0 radical (unpaired) electrons. The molecule has 0 spiro atoms. The average molecular weight is 364 g/mol. The Labute approximate surface area is 158 Å². The van der Waals surface area contributed by atoms with Crippen molar-refractivity contribution in [2.24, 2.45) is 35.5 Å². The molecule has 1 aromatic carbocycles. The molecule has 1 N–H and O–H groups in total. The van der Waals surface area contributed by atoms with Crippen LogP contribution in [-0.2, 0) is 14.4 Å². The van der Waals surface area contributed by atoms with Gasteiger partial charge in [0, 0.05) is 0 Å². The van der Waals surface area contributed by atoms with Crippen LogP contribution in [0.2, 0.25) is 0 Å². The fourth-order valence-electron chi connectivity index (χ4n) is 5.64. The Morgan fingerprint density at radius 1 is 1.00 bits per heavy atom. The Morgan fingerprint density at radius 3 is 2.11 bits per heavy atom. The van der Waals surface area contributed by atoms with Crippen molar-refractivity contribution in [1.29, 1.82) is 0 Å². The molecule has 4 aliphatic carbocycles. The highest BCUT2D eigenvalue weighted by Crippen LogP contribution is 2.65. The first kappa shape index (κ1) is 16.7. The standard InChI is InChI=1S/C22H24N2O3/c1-11(13-6-4-3-5-7-13)23-20(25)12(2)24-21(26)18-14-8-9-15(17-10-16(14)17)19(18)22(24)27/h3-9,11-12,14-19H,10H2,1-2H3,(H,23,25)/t11-,12-,14-,15-,16-,17-,18+,19+/m0/s1. The molecular formula is C22H24N2O3. The monoisotopic (exact) mass is 364 g/mol. The summed E-state index contributed by atoms with van der Waals surface area (Å²) >= 11 is 0. The summed E-state index contributed by atoms with van der Waals surface area (Å²) in [5.74, 6) is 0.429. The Hall–Kier alpha value is -2.43. The van der Waals surface area contributed by atoms with Crippen LogP contribution in [0.5, 0.6) is 0 Å². The first-order valence-corrected chi connectivity index (χ1v) is 9.89. The lowest BCUT2D eigenvalue weighted by Gasteiger charge is -2.37. The van der Waals surface area contributed by atoms with E-state index < -0.39 is 6.04 Å². The van der Waals surface area contributed by atoms with Crippen molar-refractivity contribution >= 4 is 17.7 Å². The molecule has 6 rings (SSSR count). The highest BCUT2D eigenvalue weighted by atomic mass is 16.2. The predicted octanol–water partition coefficient (Wildman–Crippen LogP) is 2.31. The number of nitrogens with zero attached hydrogens (tertiary/aromatic N) is 1. The van der Waals surface area contributed by atoms with Crippen LogP contribution in [0.15, 0.2) is 42.5 Å². The Balaban J connectivity index is 1.34. The molecule has 8 atom stereocenters. The van der Waals surface area contributed by atoms with E-state index >= 15 is 0 Å². The van der Waals surface area contributed by atoms with E-state index in [-0.39, 0.29) is 47.4 Å². The third-order valence-corrected chi connectivity index (χ3v) is 7.12. The van der Waals surface area contributed by atoms with Gasteiger partial charge in [-0.05, 0) is 49.5 Å².